The van der Waals surface area contributed by atoms with Gasteiger partial charge >= 0.3 is 0 Å². The number of para-hydroxylation sites is 2. The molecule has 7 heteroatoms. The molecule has 1 aliphatic heterocycles. The van der Waals surface area contributed by atoms with Crippen molar-refractivity contribution in [3.8, 4) is 0 Å². The minimum Gasteiger partial charge on any atom is -0.375 e. The van der Waals surface area contributed by atoms with Crippen LogP contribution in [0.2, 0.25) is 0 Å². The quantitative estimate of drug-likeness (QED) is 0.471. The summed E-state index contributed by atoms with van der Waals surface area (Å²) < 4.78 is 7.61. The van der Waals surface area contributed by atoms with E-state index in [0.717, 1.165) is 30.7 Å². The third kappa shape index (κ3) is 3.89. The van der Waals surface area contributed by atoms with E-state index in [2.05, 4.69) is 32.4 Å². The number of hydrogen-bond acceptors (Lipinski definition) is 3. The first-order valence-electron chi connectivity index (χ1n) is 7.30. The van der Waals surface area contributed by atoms with E-state index < -0.39 is 0 Å². The Labute approximate surface area is 147 Å². The number of rotatable bonds is 3. The summed E-state index contributed by atoms with van der Waals surface area (Å²) in [6, 6.07) is 8.10. The molecule has 1 saturated heterocycles. The molecule has 120 valence electrons. The van der Waals surface area contributed by atoms with Gasteiger partial charge in [-0.25, -0.2) is 4.98 Å². The first-order valence-corrected chi connectivity index (χ1v) is 7.30. The van der Waals surface area contributed by atoms with E-state index in [-0.39, 0.29) is 30.1 Å². The standard InChI is InChI=1S/C15H21N5O.HI/c1-12-10-19(8-9-21-12)15(16)17-6-7-20-11-18-13-4-2-3-5-14(13)20;/h2-5,11-12H,6-10H2,1H3,(H2,16,17);1H. The number of nitrogens with zero attached hydrogens (tertiary/aromatic N) is 4. The molecule has 0 bridgehead atoms. The number of imidazole rings is 1. The highest BCUT2D eigenvalue weighted by molar-refractivity contribution is 14.0. The smallest absolute Gasteiger partial charge is 0.191 e. The maximum atomic E-state index is 6.06. The molecule has 0 spiro atoms. The fraction of sp³-hybridized carbons (Fsp3) is 0.467. The highest BCUT2D eigenvalue weighted by atomic mass is 127. The number of guanidine groups is 1. The molecule has 1 atom stereocenters. The molecule has 1 aliphatic rings. The Hall–Kier alpha value is -1.35. The Bertz CT molecular complexity index is 642. The number of ether oxygens (including phenoxy) is 1. The van der Waals surface area contributed by atoms with Gasteiger partial charge in [0.1, 0.15) is 0 Å². The van der Waals surface area contributed by atoms with Gasteiger partial charge in [-0.3, -0.25) is 4.99 Å². The van der Waals surface area contributed by atoms with E-state index >= 15 is 0 Å². The fourth-order valence-electron chi connectivity index (χ4n) is 2.59. The van der Waals surface area contributed by atoms with Crippen LogP contribution in [0.3, 0.4) is 0 Å². The molecule has 2 aromatic rings. The van der Waals surface area contributed by atoms with E-state index in [1.165, 1.54) is 0 Å². The minimum atomic E-state index is 0. The van der Waals surface area contributed by atoms with Crippen LogP contribution in [0.5, 0.6) is 0 Å². The summed E-state index contributed by atoms with van der Waals surface area (Å²) in [7, 11) is 0. The summed E-state index contributed by atoms with van der Waals surface area (Å²) in [6.07, 6.45) is 2.07. The van der Waals surface area contributed by atoms with E-state index in [1.54, 1.807) is 0 Å². The van der Waals surface area contributed by atoms with E-state index in [9.17, 15) is 0 Å². The molecule has 22 heavy (non-hydrogen) atoms. The Morgan fingerprint density at radius 3 is 3.09 bits per heavy atom. The maximum Gasteiger partial charge on any atom is 0.191 e. The number of aromatic nitrogens is 2. The summed E-state index contributed by atoms with van der Waals surface area (Å²) in [5.74, 6) is 0.606. The lowest BCUT2D eigenvalue weighted by atomic mass is 10.3. The van der Waals surface area contributed by atoms with Crippen molar-refractivity contribution in [2.24, 2.45) is 10.7 Å². The predicted octanol–water partition coefficient (Wildman–Crippen LogP) is 1.69. The average molecular weight is 415 g/mol. The van der Waals surface area contributed by atoms with Crippen LogP contribution in [0.1, 0.15) is 6.92 Å². The Morgan fingerprint density at radius 1 is 1.45 bits per heavy atom. The van der Waals surface area contributed by atoms with Crippen molar-refractivity contribution >= 4 is 41.0 Å². The van der Waals surface area contributed by atoms with Crippen LogP contribution in [-0.2, 0) is 11.3 Å². The zero-order chi connectivity index (χ0) is 14.7. The SMILES string of the molecule is CC1CN(C(N)=NCCn2cnc3ccccc32)CCO1.I. The first kappa shape index (κ1) is 17.0. The number of fused-ring (bicyclic) bond motifs is 1. The molecule has 0 radical (unpaired) electrons. The van der Waals surface area contributed by atoms with Gasteiger partial charge in [-0.1, -0.05) is 12.1 Å². The number of morpholine rings is 1. The molecule has 1 aromatic carbocycles. The molecule has 1 aromatic heterocycles. The molecule has 2 heterocycles. The summed E-state index contributed by atoms with van der Waals surface area (Å²) in [5.41, 5.74) is 8.20. The second-order valence-electron chi connectivity index (χ2n) is 5.29. The average Bonchev–Trinajstić information content (AvgIpc) is 2.91. The predicted molar refractivity (Wildman–Crippen MR) is 98.6 cm³/mol. The maximum absolute atomic E-state index is 6.06. The molecule has 1 fully saturated rings. The van der Waals surface area contributed by atoms with Crippen LogP contribution in [0, 0.1) is 0 Å². The lowest BCUT2D eigenvalue weighted by Gasteiger charge is -2.31. The number of benzene rings is 1. The Kier molecular flexibility index (Phi) is 6.01. The van der Waals surface area contributed by atoms with Gasteiger partial charge < -0.3 is 19.9 Å². The Balaban J connectivity index is 0.00000176. The van der Waals surface area contributed by atoms with Crippen LogP contribution in [0.4, 0.5) is 0 Å². The van der Waals surface area contributed by atoms with Gasteiger partial charge in [0.05, 0.1) is 36.6 Å². The number of halogens is 1. The fourth-order valence-corrected chi connectivity index (χ4v) is 2.59. The molecular formula is C15H22IN5O. The molecule has 0 saturated carbocycles. The van der Waals surface area contributed by atoms with E-state index in [4.69, 9.17) is 10.5 Å². The van der Waals surface area contributed by atoms with E-state index in [0.29, 0.717) is 19.1 Å². The topological polar surface area (TPSA) is 68.7 Å². The number of nitrogens with two attached hydrogens (primary N) is 1. The highest BCUT2D eigenvalue weighted by Gasteiger charge is 2.17. The van der Waals surface area contributed by atoms with Gasteiger partial charge in [-0.05, 0) is 19.1 Å². The molecule has 0 amide bonds. The molecule has 2 N–H and O–H groups in total. The normalized spacial score (nSPS) is 19.2. The third-order valence-corrected chi connectivity index (χ3v) is 3.71. The van der Waals surface area contributed by atoms with Gasteiger partial charge in [0.2, 0.25) is 0 Å². The summed E-state index contributed by atoms with van der Waals surface area (Å²) in [4.78, 5) is 10.9. The van der Waals surface area contributed by atoms with Gasteiger partial charge in [0.15, 0.2) is 5.96 Å². The van der Waals surface area contributed by atoms with Crippen LogP contribution in [-0.4, -0.2) is 52.8 Å². The summed E-state index contributed by atoms with van der Waals surface area (Å²) >= 11 is 0. The number of hydrogen-bond donors (Lipinski definition) is 1. The summed E-state index contributed by atoms with van der Waals surface area (Å²) in [5, 5.41) is 0. The lowest BCUT2D eigenvalue weighted by molar-refractivity contribution is 0.00529. The number of aliphatic imine (C=N–C) groups is 1. The lowest BCUT2D eigenvalue weighted by Crippen LogP contribution is -2.48. The van der Waals surface area contributed by atoms with Gasteiger partial charge in [-0.15, -0.1) is 24.0 Å². The molecular weight excluding hydrogens is 393 g/mol. The molecule has 6 nitrogen and oxygen atoms in total. The van der Waals surface area contributed by atoms with Crippen molar-refractivity contribution in [1.29, 1.82) is 0 Å². The zero-order valence-electron chi connectivity index (χ0n) is 12.7. The van der Waals surface area contributed by atoms with Crippen molar-refractivity contribution in [2.75, 3.05) is 26.2 Å². The molecule has 0 aliphatic carbocycles. The zero-order valence-corrected chi connectivity index (χ0v) is 15.0. The van der Waals surface area contributed by atoms with Crippen LogP contribution < -0.4 is 5.73 Å². The van der Waals surface area contributed by atoms with Crippen LogP contribution in [0.25, 0.3) is 11.0 Å². The van der Waals surface area contributed by atoms with Crippen LogP contribution in [0.15, 0.2) is 35.6 Å². The summed E-state index contributed by atoms with van der Waals surface area (Å²) in [6.45, 7) is 5.82. The van der Waals surface area contributed by atoms with Crippen molar-refractivity contribution in [3.63, 3.8) is 0 Å². The van der Waals surface area contributed by atoms with Crippen molar-refractivity contribution in [3.05, 3.63) is 30.6 Å². The second-order valence-corrected chi connectivity index (χ2v) is 5.29. The second kappa shape index (κ2) is 7.77. The van der Waals surface area contributed by atoms with E-state index in [1.807, 2.05) is 24.5 Å². The Morgan fingerprint density at radius 2 is 2.27 bits per heavy atom. The monoisotopic (exact) mass is 415 g/mol. The van der Waals surface area contributed by atoms with Gasteiger partial charge in [0, 0.05) is 19.6 Å². The third-order valence-electron chi connectivity index (χ3n) is 3.71. The van der Waals surface area contributed by atoms with Crippen molar-refractivity contribution in [2.45, 2.75) is 19.6 Å². The van der Waals surface area contributed by atoms with Crippen molar-refractivity contribution < 1.29 is 4.74 Å². The molecule has 3 rings (SSSR count). The van der Waals surface area contributed by atoms with Gasteiger partial charge in [0.25, 0.3) is 0 Å². The highest BCUT2D eigenvalue weighted by Crippen LogP contribution is 2.11. The van der Waals surface area contributed by atoms with Gasteiger partial charge in [-0.2, -0.15) is 0 Å². The minimum absolute atomic E-state index is 0. The largest absolute Gasteiger partial charge is 0.375 e. The first-order chi connectivity index (χ1) is 10.2. The van der Waals surface area contributed by atoms with Crippen molar-refractivity contribution in [1.82, 2.24) is 14.5 Å². The van der Waals surface area contributed by atoms with Crippen LogP contribution >= 0.6 is 24.0 Å². The molecule has 1 unspecified atom stereocenters.